The second-order valence-electron chi connectivity index (χ2n) is 5.44. The fourth-order valence-corrected chi connectivity index (χ4v) is 2.70. The fraction of sp³-hybridized carbons (Fsp3) is 0.353. The van der Waals surface area contributed by atoms with E-state index >= 15 is 0 Å². The van der Waals surface area contributed by atoms with E-state index in [0.717, 1.165) is 12.2 Å². The maximum atomic E-state index is 12.1. The molecule has 0 bridgehead atoms. The SMILES string of the molecule is Cc1cc(C(=O)NC[C@@H]2Cc3ccccc3CO2)c(C)o1. The number of aryl methyl sites for hydroxylation is 2. The number of amides is 1. The lowest BCUT2D eigenvalue weighted by Crippen LogP contribution is -2.36. The highest BCUT2D eigenvalue weighted by Crippen LogP contribution is 2.20. The number of hydrogen-bond donors (Lipinski definition) is 1. The molecule has 21 heavy (non-hydrogen) atoms. The van der Waals surface area contributed by atoms with Crippen molar-refractivity contribution in [2.24, 2.45) is 0 Å². The Morgan fingerprint density at radius 1 is 1.29 bits per heavy atom. The molecule has 0 spiro atoms. The Balaban J connectivity index is 1.59. The van der Waals surface area contributed by atoms with Crippen LogP contribution in [0.15, 0.2) is 34.7 Å². The van der Waals surface area contributed by atoms with Crippen LogP contribution in [-0.4, -0.2) is 18.6 Å². The Hall–Kier alpha value is -2.07. The minimum atomic E-state index is -0.105. The van der Waals surface area contributed by atoms with Crippen LogP contribution < -0.4 is 5.32 Å². The third-order valence-electron chi connectivity index (χ3n) is 3.82. The first-order valence-electron chi connectivity index (χ1n) is 7.17. The average molecular weight is 285 g/mol. The van der Waals surface area contributed by atoms with Crippen LogP contribution in [0.3, 0.4) is 0 Å². The van der Waals surface area contributed by atoms with E-state index in [1.54, 1.807) is 13.0 Å². The van der Waals surface area contributed by atoms with E-state index in [0.29, 0.717) is 24.5 Å². The van der Waals surface area contributed by atoms with Crippen LogP contribution in [0.2, 0.25) is 0 Å². The molecule has 0 saturated carbocycles. The molecule has 4 heteroatoms. The molecule has 0 aliphatic carbocycles. The number of fused-ring (bicyclic) bond motifs is 1. The first-order chi connectivity index (χ1) is 10.1. The van der Waals surface area contributed by atoms with Gasteiger partial charge in [-0.05, 0) is 31.0 Å². The van der Waals surface area contributed by atoms with Crippen LogP contribution in [0.4, 0.5) is 0 Å². The van der Waals surface area contributed by atoms with Gasteiger partial charge in [-0.3, -0.25) is 4.79 Å². The van der Waals surface area contributed by atoms with E-state index in [-0.39, 0.29) is 12.0 Å². The number of carbonyl (C=O) groups excluding carboxylic acids is 1. The third-order valence-corrected chi connectivity index (χ3v) is 3.82. The summed E-state index contributed by atoms with van der Waals surface area (Å²) in [6.07, 6.45) is 0.858. The maximum absolute atomic E-state index is 12.1. The highest BCUT2D eigenvalue weighted by Gasteiger charge is 2.20. The molecule has 1 aromatic carbocycles. The van der Waals surface area contributed by atoms with E-state index in [2.05, 4.69) is 17.4 Å². The first kappa shape index (κ1) is 13.9. The van der Waals surface area contributed by atoms with Gasteiger partial charge < -0.3 is 14.5 Å². The Morgan fingerprint density at radius 2 is 2.05 bits per heavy atom. The molecule has 0 radical (unpaired) electrons. The summed E-state index contributed by atoms with van der Waals surface area (Å²) in [4.78, 5) is 12.1. The molecule has 1 atom stereocenters. The van der Waals surface area contributed by atoms with Gasteiger partial charge in [-0.25, -0.2) is 0 Å². The monoisotopic (exact) mass is 285 g/mol. The van der Waals surface area contributed by atoms with Crippen molar-refractivity contribution in [1.29, 1.82) is 0 Å². The van der Waals surface area contributed by atoms with Crippen molar-refractivity contribution in [3.63, 3.8) is 0 Å². The van der Waals surface area contributed by atoms with E-state index in [4.69, 9.17) is 9.15 Å². The van der Waals surface area contributed by atoms with Crippen LogP contribution in [0.25, 0.3) is 0 Å². The van der Waals surface area contributed by atoms with Crippen LogP contribution in [-0.2, 0) is 17.8 Å². The van der Waals surface area contributed by atoms with Crippen molar-refractivity contribution in [2.75, 3.05) is 6.54 Å². The summed E-state index contributed by atoms with van der Waals surface area (Å²) in [6, 6.07) is 10.0. The summed E-state index contributed by atoms with van der Waals surface area (Å²) in [5.41, 5.74) is 3.14. The third kappa shape index (κ3) is 3.00. The van der Waals surface area contributed by atoms with Gasteiger partial charge in [0.25, 0.3) is 5.91 Å². The van der Waals surface area contributed by atoms with Crippen LogP contribution >= 0.6 is 0 Å². The largest absolute Gasteiger partial charge is 0.466 e. The summed E-state index contributed by atoms with van der Waals surface area (Å²) >= 11 is 0. The minimum Gasteiger partial charge on any atom is -0.466 e. The molecule has 0 unspecified atom stereocenters. The molecular formula is C17H19NO3. The molecule has 1 amide bonds. The van der Waals surface area contributed by atoms with Crippen molar-refractivity contribution in [2.45, 2.75) is 33.0 Å². The number of furan rings is 1. The Morgan fingerprint density at radius 3 is 2.76 bits per heavy atom. The lowest BCUT2D eigenvalue weighted by atomic mass is 9.99. The standard InChI is InChI=1S/C17H19NO3/c1-11-7-16(12(2)21-11)17(19)18-9-15-8-13-5-3-4-6-14(13)10-20-15/h3-7,15H,8-10H2,1-2H3,(H,18,19)/t15-/m0/s1. The summed E-state index contributed by atoms with van der Waals surface area (Å²) in [7, 11) is 0. The van der Waals surface area contributed by atoms with Crippen LogP contribution in [0.5, 0.6) is 0 Å². The van der Waals surface area contributed by atoms with Gasteiger partial charge in [0.05, 0.1) is 18.3 Å². The molecule has 110 valence electrons. The summed E-state index contributed by atoms with van der Waals surface area (Å²) in [6.45, 7) is 4.76. The zero-order valence-corrected chi connectivity index (χ0v) is 12.3. The van der Waals surface area contributed by atoms with Gasteiger partial charge in [-0.2, -0.15) is 0 Å². The van der Waals surface area contributed by atoms with E-state index < -0.39 is 0 Å². The second kappa shape index (κ2) is 5.74. The van der Waals surface area contributed by atoms with Gasteiger partial charge in [0.1, 0.15) is 11.5 Å². The van der Waals surface area contributed by atoms with Crippen LogP contribution in [0.1, 0.15) is 33.0 Å². The molecule has 0 saturated heterocycles. The quantitative estimate of drug-likeness (QED) is 0.943. The molecule has 2 heterocycles. The normalized spacial score (nSPS) is 17.3. The van der Waals surface area contributed by atoms with Gasteiger partial charge in [0, 0.05) is 13.0 Å². The van der Waals surface area contributed by atoms with Crippen LogP contribution in [0, 0.1) is 13.8 Å². The Bertz CT molecular complexity index is 660. The number of carbonyl (C=O) groups is 1. The molecule has 1 aliphatic rings. The van der Waals surface area contributed by atoms with Crippen molar-refractivity contribution in [1.82, 2.24) is 5.32 Å². The molecule has 2 aromatic rings. The summed E-state index contributed by atoms with van der Waals surface area (Å²) < 4.78 is 11.2. The predicted octanol–water partition coefficient (Wildman–Crippen LogP) is 2.77. The van der Waals surface area contributed by atoms with Crippen molar-refractivity contribution >= 4 is 5.91 Å². The van der Waals surface area contributed by atoms with Crippen molar-refractivity contribution in [3.8, 4) is 0 Å². The lowest BCUT2D eigenvalue weighted by Gasteiger charge is -2.25. The average Bonchev–Trinajstić information content (AvgIpc) is 2.83. The van der Waals surface area contributed by atoms with Gasteiger partial charge in [0.15, 0.2) is 0 Å². The van der Waals surface area contributed by atoms with Gasteiger partial charge in [-0.1, -0.05) is 24.3 Å². The molecule has 1 aliphatic heterocycles. The van der Waals surface area contributed by atoms with E-state index in [9.17, 15) is 4.79 Å². The predicted molar refractivity (Wildman–Crippen MR) is 79.2 cm³/mol. The summed E-state index contributed by atoms with van der Waals surface area (Å²) in [5.74, 6) is 1.30. The smallest absolute Gasteiger partial charge is 0.254 e. The molecule has 1 aromatic heterocycles. The summed E-state index contributed by atoms with van der Waals surface area (Å²) in [5, 5.41) is 2.93. The lowest BCUT2D eigenvalue weighted by molar-refractivity contribution is 0.0284. The Labute approximate surface area is 124 Å². The fourth-order valence-electron chi connectivity index (χ4n) is 2.70. The number of ether oxygens (including phenoxy) is 1. The molecule has 0 fully saturated rings. The van der Waals surface area contributed by atoms with E-state index in [1.165, 1.54) is 11.1 Å². The van der Waals surface area contributed by atoms with Gasteiger partial charge in [0.2, 0.25) is 0 Å². The van der Waals surface area contributed by atoms with Crippen molar-refractivity contribution < 1.29 is 13.9 Å². The van der Waals surface area contributed by atoms with Gasteiger partial charge >= 0.3 is 0 Å². The number of rotatable bonds is 3. The number of nitrogens with one attached hydrogen (secondary N) is 1. The second-order valence-corrected chi connectivity index (χ2v) is 5.44. The molecule has 1 N–H and O–H groups in total. The molecule has 4 nitrogen and oxygen atoms in total. The minimum absolute atomic E-state index is 0.0251. The Kier molecular flexibility index (Phi) is 3.80. The maximum Gasteiger partial charge on any atom is 0.254 e. The van der Waals surface area contributed by atoms with Gasteiger partial charge in [-0.15, -0.1) is 0 Å². The van der Waals surface area contributed by atoms with Crippen molar-refractivity contribution in [3.05, 3.63) is 58.5 Å². The first-order valence-corrected chi connectivity index (χ1v) is 7.17. The zero-order valence-electron chi connectivity index (χ0n) is 12.3. The molecular weight excluding hydrogens is 266 g/mol. The van der Waals surface area contributed by atoms with E-state index in [1.807, 2.05) is 19.1 Å². The number of benzene rings is 1. The highest BCUT2D eigenvalue weighted by molar-refractivity contribution is 5.95. The zero-order chi connectivity index (χ0) is 14.8. The highest BCUT2D eigenvalue weighted by atomic mass is 16.5. The molecule has 3 rings (SSSR count). The topological polar surface area (TPSA) is 51.5 Å². The number of hydrogen-bond acceptors (Lipinski definition) is 3.